The zero-order chi connectivity index (χ0) is 54.3. The van der Waals surface area contributed by atoms with Crippen molar-refractivity contribution in [2.75, 3.05) is 22.9 Å². The summed E-state index contributed by atoms with van der Waals surface area (Å²) in [5, 5.41) is 6.90. The monoisotopic (exact) mass is 1020 g/mol. The molecule has 2 aliphatic rings. The number of carbonyl (C=O) groups is 5. The second-order valence-electron chi connectivity index (χ2n) is 22.7. The van der Waals surface area contributed by atoms with Crippen molar-refractivity contribution in [3.8, 4) is 0 Å². The van der Waals surface area contributed by atoms with Crippen molar-refractivity contribution in [2.45, 2.75) is 155 Å². The largest absolute Gasteiger partial charge is 0.349 e. The van der Waals surface area contributed by atoms with Gasteiger partial charge in [-0.3, -0.25) is 43.7 Å². The van der Waals surface area contributed by atoms with Crippen LogP contribution in [-0.2, 0) is 44.8 Å². The maximum atomic E-state index is 14.3. The van der Waals surface area contributed by atoms with E-state index in [0.717, 1.165) is 16.5 Å². The first-order valence-electron chi connectivity index (χ1n) is 24.9. The van der Waals surface area contributed by atoms with E-state index in [0.29, 0.717) is 54.7 Å². The molecule has 0 spiro atoms. The van der Waals surface area contributed by atoms with Crippen LogP contribution in [0.2, 0.25) is 0 Å². The summed E-state index contributed by atoms with van der Waals surface area (Å²) in [6.07, 6.45) is 9.75. The third-order valence-corrected chi connectivity index (χ3v) is 14.0. The van der Waals surface area contributed by atoms with Crippen LogP contribution in [-0.4, -0.2) is 93.4 Å². The number of hydrogen-bond acceptors (Lipinski definition) is 9. The molecule has 16 heteroatoms. The molecule has 392 valence electrons. The summed E-state index contributed by atoms with van der Waals surface area (Å²) in [5.74, 6) is -1.76. The zero-order valence-electron chi connectivity index (χ0n) is 44.8. The van der Waals surface area contributed by atoms with E-state index in [1.165, 1.54) is 20.2 Å². The number of aromatic nitrogens is 2. The van der Waals surface area contributed by atoms with Crippen molar-refractivity contribution in [3.05, 3.63) is 144 Å². The molecular weight excluding hydrogens is 941 g/mol. The maximum Gasteiger partial charge on any atom is 0.250 e. The van der Waals surface area contributed by atoms with E-state index in [-0.39, 0.29) is 41.0 Å². The van der Waals surface area contributed by atoms with Crippen LogP contribution in [0.25, 0.3) is 0 Å². The molecule has 4 unspecified atom stereocenters. The van der Waals surface area contributed by atoms with Crippen LogP contribution >= 0.6 is 0 Å². The Morgan fingerprint density at radius 1 is 0.616 bits per heavy atom. The molecule has 6 rings (SSSR count). The minimum absolute atomic E-state index is 0.0711. The third-order valence-electron chi connectivity index (χ3n) is 12.5. The average molecular weight is 1020 g/mol. The van der Waals surface area contributed by atoms with Crippen molar-refractivity contribution in [1.29, 1.82) is 0 Å². The molecule has 2 N–H and O–H groups in total. The van der Waals surface area contributed by atoms with E-state index in [2.05, 4.69) is 75.3 Å². The highest BCUT2D eigenvalue weighted by Gasteiger charge is 2.45. The van der Waals surface area contributed by atoms with Crippen molar-refractivity contribution in [1.82, 2.24) is 29.8 Å². The van der Waals surface area contributed by atoms with Gasteiger partial charge >= 0.3 is 0 Å². The van der Waals surface area contributed by atoms with E-state index in [1.54, 1.807) is 54.0 Å². The van der Waals surface area contributed by atoms with Gasteiger partial charge in [0.05, 0.1) is 0 Å². The summed E-state index contributed by atoms with van der Waals surface area (Å²) in [4.78, 5) is 81.5. The number of nitrogens with zero attached hydrogens (tertiary/aromatic N) is 6. The number of carbonyl (C=O) groups excluding carboxylic acids is 5. The molecule has 0 bridgehead atoms. The van der Waals surface area contributed by atoms with Gasteiger partial charge in [0.25, 0.3) is 5.91 Å². The summed E-state index contributed by atoms with van der Waals surface area (Å²) in [5.41, 5.74) is 3.12. The lowest BCUT2D eigenvalue weighted by molar-refractivity contribution is -0.135. The molecule has 2 fully saturated rings. The Labute approximate surface area is 433 Å². The summed E-state index contributed by atoms with van der Waals surface area (Å²) in [7, 11) is -3.84. The number of likely N-dealkylation sites (tertiary alicyclic amines) is 1. The van der Waals surface area contributed by atoms with E-state index < -0.39 is 51.2 Å². The fourth-order valence-corrected chi connectivity index (χ4v) is 10.1. The molecule has 2 aromatic heterocycles. The van der Waals surface area contributed by atoms with E-state index in [1.807, 2.05) is 90.1 Å². The van der Waals surface area contributed by atoms with E-state index >= 15 is 0 Å². The van der Waals surface area contributed by atoms with Crippen LogP contribution in [0.15, 0.2) is 122 Å². The highest BCUT2D eigenvalue weighted by molar-refractivity contribution is 7.92. The summed E-state index contributed by atoms with van der Waals surface area (Å²) in [6, 6.07) is 18.6. The molecule has 2 aliphatic heterocycles. The quantitative estimate of drug-likeness (QED) is 0.124. The van der Waals surface area contributed by atoms with Crippen LogP contribution in [0.4, 0.5) is 11.4 Å². The Morgan fingerprint density at radius 2 is 1.01 bits per heavy atom. The SMILES string of the molecule is C=CC(=O)N1CCCC1C(=O)N(c1ccc(C(C)(C)C)cc1)C(C(=O)NC(C)(C)C)c1cccnc1.C=CS(=O)(=O)N1CCCC1C(=O)N(c1ccc(C(C)(C)C)cc1)C(C(=O)NC(C)(C)C)c1cccnc1. The molecule has 0 aliphatic carbocycles. The highest BCUT2D eigenvalue weighted by Crippen LogP contribution is 2.36. The number of hydrogen-bond donors (Lipinski definition) is 2. The highest BCUT2D eigenvalue weighted by atomic mass is 32.2. The summed E-state index contributed by atoms with van der Waals surface area (Å²) in [6.45, 7) is 31.7. The first-order valence-corrected chi connectivity index (χ1v) is 26.4. The normalized spacial score (nSPS) is 17.3. The molecular formula is C57H76N8O7S. The predicted octanol–water partition coefficient (Wildman–Crippen LogP) is 8.85. The molecule has 4 heterocycles. The molecule has 0 saturated carbocycles. The number of rotatable bonds is 13. The van der Waals surface area contributed by atoms with Gasteiger partial charge in [-0.05, 0) is 132 Å². The standard InChI is InChI=1S/C29H38N4O3.C28H38N4O4S/c1-8-24(34)32-18-10-12-23(32)27(36)33(22-15-13-21(14-16-22)28(2,3)4)25(20-11-9-17-30-19-20)26(35)31-29(5,6)7;1-8-37(35,36)31-18-10-12-23(31)26(34)32(22-15-13-21(14-16-22)27(2,3)4)24(20-11-9-17-29-19-20)25(33)30-28(5,6)7/h8-9,11,13-17,19,23,25H,1,10,12,18H2,2-7H3,(H,31,35);8-9,11,13-17,19,23-24H,1,10,12,18H2,2-7H3,(H,30,33). The van der Waals surface area contributed by atoms with Gasteiger partial charge in [-0.25, -0.2) is 8.42 Å². The Kier molecular flexibility index (Phi) is 18.2. The summed E-state index contributed by atoms with van der Waals surface area (Å²) < 4.78 is 26.7. The van der Waals surface area contributed by atoms with E-state index in [9.17, 15) is 32.4 Å². The average Bonchev–Trinajstić information content (AvgIpc) is 4.03. The van der Waals surface area contributed by atoms with Gasteiger partial charge in [0.1, 0.15) is 24.2 Å². The Balaban J connectivity index is 0.000000271. The lowest BCUT2D eigenvalue weighted by Gasteiger charge is -2.36. The number of pyridine rings is 2. The molecule has 73 heavy (non-hydrogen) atoms. The van der Waals surface area contributed by atoms with Crippen LogP contribution in [0, 0.1) is 0 Å². The Morgan fingerprint density at radius 3 is 1.37 bits per heavy atom. The van der Waals surface area contributed by atoms with Gasteiger partial charge in [0.15, 0.2) is 0 Å². The van der Waals surface area contributed by atoms with Crippen molar-refractivity contribution >= 4 is 50.9 Å². The predicted molar refractivity (Wildman–Crippen MR) is 289 cm³/mol. The Bertz CT molecular complexity index is 2700. The van der Waals surface area contributed by atoms with E-state index in [4.69, 9.17) is 0 Å². The van der Waals surface area contributed by atoms with Crippen molar-refractivity contribution in [2.24, 2.45) is 0 Å². The minimum Gasteiger partial charge on any atom is -0.349 e. The molecule has 4 atom stereocenters. The smallest absolute Gasteiger partial charge is 0.250 e. The second kappa shape index (κ2) is 23.1. The second-order valence-corrected chi connectivity index (χ2v) is 24.6. The number of amides is 5. The van der Waals surface area contributed by atoms with Gasteiger partial charge < -0.3 is 15.5 Å². The number of nitrogens with one attached hydrogen (secondary N) is 2. The minimum atomic E-state index is -3.84. The fourth-order valence-electron chi connectivity index (χ4n) is 8.95. The fraction of sp³-hybridized carbons (Fsp3) is 0.456. The number of sulfonamides is 1. The van der Waals surface area contributed by atoms with Crippen LogP contribution in [0.3, 0.4) is 0 Å². The molecule has 2 saturated heterocycles. The first-order chi connectivity index (χ1) is 34.0. The Hall–Kier alpha value is -6.52. The first kappa shape index (κ1) is 57.4. The lowest BCUT2D eigenvalue weighted by atomic mass is 9.87. The molecule has 2 aromatic carbocycles. The van der Waals surface area contributed by atoms with Gasteiger partial charge in [-0.15, -0.1) is 0 Å². The molecule has 5 amide bonds. The molecule has 0 radical (unpaired) electrons. The van der Waals surface area contributed by atoms with Gasteiger partial charge in [-0.2, -0.15) is 4.31 Å². The molecule has 15 nitrogen and oxygen atoms in total. The van der Waals surface area contributed by atoms with Crippen molar-refractivity contribution in [3.63, 3.8) is 0 Å². The van der Waals surface area contributed by atoms with Crippen molar-refractivity contribution < 1.29 is 32.4 Å². The molecule has 4 aromatic rings. The number of anilines is 2. The third kappa shape index (κ3) is 14.6. The zero-order valence-corrected chi connectivity index (χ0v) is 45.6. The number of benzene rings is 2. The van der Waals surface area contributed by atoms with Gasteiger partial charge in [0.2, 0.25) is 33.7 Å². The van der Waals surface area contributed by atoms with Crippen LogP contribution in [0.5, 0.6) is 0 Å². The summed E-state index contributed by atoms with van der Waals surface area (Å²) >= 11 is 0. The topological polar surface area (TPSA) is 182 Å². The van der Waals surface area contributed by atoms with Gasteiger partial charge in [-0.1, -0.05) is 91.1 Å². The lowest BCUT2D eigenvalue weighted by Crippen LogP contribution is -2.54. The van der Waals surface area contributed by atoms with Crippen LogP contribution < -0.4 is 20.4 Å². The van der Waals surface area contributed by atoms with Gasteiger partial charge in [0, 0.05) is 76.9 Å². The maximum absolute atomic E-state index is 14.3. The van der Waals surface area contributed by atoms with Crippen LogP contribution in [0.1, 0.15) is 143 Å².